The molecule has 0 saturated heterocycles. The smallest absolute Gasteiger partial charge is 0.338 e. The van der Waals surface area contributed by atoms with Crippen molar-refractivity contribution in [2.24, 2.45) is 0 Å². The van der Waals surface area contributed by atoms with Gasteiger partial charge in [-0.25, -0.2) is 13.2 Å². The second kappa shape index (κ2) is 8.07. The first kappa shape index (κ1) is 20.2. The Morgan fingerprint density at radius 2 is 1.69 bits per heavy atom. The monoisotopic (exact) mass is 415 g/mol. The number of ether oxygens (including phenoxy) is 1. The zero-order chi connectivity index (χ0) is 19.5. The minimum Gasteiger partial charge on any atom is -0.449 e. The van der Waals surface area contributed by atoms with Gasteiger partial charge >= 0.3 is 5.97 Å². The number of carbonyl (C=O) groups is 2. The van der Waals surface area contributed by atoms with Crippen LogP contribution in [0.3, 0.4) is 0 Å². The number of hydrogen-bond acceptors (Lipinski definition) is 5. The van der Waals surface area contributed by atoms with E-state index in [9.17, 15) is 18.0 Å². The van der Waals surface area contributed by atoms with E-state index in [1.165, 1.54) is 31.2 Å². The van der Waals surface area contributed by atoms with E-state index in [-0.39, 0.29) is 20.5 Å². The maximum absolute atomic E-state index is 12.2. The van der Waals surface area contributed by atoms with E-state index in [4.69, 9.17) is 27.9 Å². The second-order valence-electron chi connectivity index (χ2n) is 5.43. The first-order chi connectivity index (χ1) is 12.1. The van der Waals surface area contributed by atoms with Crippen molar-refractivity contribution in [3.05, 3.63) is 58.1 Å². The Balaban J connectivity index is 2.04. The number of sulfone groups is 1. The third-order valence-corrected chi connectivity index (χ3v) is 5.33. The Morgan fingerprint density at radius 1 is 1.08 bits per heavy atom. The largest absolute Gasteiger partial charge is 0.449 e. The number of nitrogens with one attached hydrogen (secondary N) is 1. The number of esters is 1. The predicted octanol–water partition coefficient (Wildman–Crippen LogP) is 3.58. The lowest BCUT2D eigenvalue weighted by Gasteiger charge is -2.14. The summed E-state index contributed by atoms with van der Waals surface area (Å²) in [5.41, 5.74) is 0.419. The van der Waals surface area contributed by atoms with Crippen LogP contribution in [0, 0.1) is 0 Å². The van der Waals surface area contributed by atoms with E-state index >= 15 is 0 Å². The lowest BCUT2D eigenvalue weighted by Crippen LogP contribution is -2.30. The number of carbonyl (C=O) groups excluding carboxylic acids is 2. The number of amides is 1. The molecular weight excluding hydrogens is 401 g/mol. The average Bonchev–Trinajstić information content (AvgIpc) is 2.58. The summed E-state index contributed by atoms with van der Waals surface area (Å²) in [5, 5.41) is 2.98. The predicted molar refractivity (Wildman–Crippen MR) is 99.5 cm³/mol. The Morgan fingerprint density at radius 3 is 2.27 bits per heavy atom. The van der Waals surface area contributed by atoms with Crippen molar-refractivity contribution >= 4 is 50.6 Å². The molecule has 1 atom stereocenters. The first-order valence-electron chi connectivity index (χ1n) is 7.35. The Kier molecular flexibility index (Phi) is 6.28. The summed E-state index contributed by atoms with van der Waals surface area (Å²) >= 11 is 11.9. The molecule has 0 bridgehead atoms. The van der Waals surface area contributed by atoms with Gasteiger partial charge in [-0.15, -0.1) is 0 Å². The van der Waals surface area contributed by atoms with Crippen LogP contribution in [0.15, 0.2) is 47.4 Å². The standard InChI is InChI=1S/C17H15Cl2NO5S/c1-10(16(21)20-14-5-3-4-13(18)15(14)19)25-17(22)11-6-8-12(9-7-11)26(2,23)24/h3-10H,1-2H3,(H,20,21)/t10-/m0/s1. The molecule has 2 aromatic rings. The molecule has 0 aliphatic carbocycles. The molecule has 0 aromatic heterocycles. The molecule has 0 aliphatic rings. The molecule has 6 nitrogen and oxygen atoms in total. The maximum atomic E-state index is 12.2. The molecule has 1 N–H and O–H groups in total. The van der Waals surface area contributed by atoms with Crippen LogP contribution in [-0.4, -0.2) is 32.7 Å². The number of rotatable bonds is 5. The highest BCUT2D eigenvalue weighted by atomic mass is 35.5. The first-order valence-corrected chi connectivity index (χ1v) is 10.0. The van der Waals surface area contributed by atoms with Gasteiger partial charge in [0.05, 0.1) is 26.2 Å². The zero-order valence-electron chi connectivity index (χ0n) is 13.8. The Hall–Kier alpha value is -2.09. The lowest BCUT2D eigenvalue weighted by atomic mass is 10.2. The fourth-order valence-electron chi connectivity index (χ4n) is 1.96. The van der Waals surface area contributed by atoms with Crippen molar-refractivity contribution in [3.8, 4) is 0 Å². The highest BCUT2D eigenvalue weighted by molar-refractivity contribution is 7.90. The quantitative estimate of drug-likeness (QED) is 0.753. The zero-order valence-corrected chi connectivity index (χ0v) is 16.2. The summed E-state index contributed by atoms with van der Waals surface area (Å²) in [5.74, 6) is -1.35. The van der Waals surface area contributed by atoms with E-state index in [0.717, 1.165) is 6.26 Å². The summed E-state index contributed by atoms with van der Waals surface area (Å²) in [7, 11) is -3.36. The normalized spacial score (nSPS) is 12.3. The highest BCUT2D eigenvalue weighted by Gasteiger charge is 2.20. The van der Waals surface area contributed by atoms with Gasteiger partial charge < -0.3 is 10.1 Å². The summed E-state index contributed by atoms with van der Waals surface area (Å²) in [4.78, 5) is 24.3. The van der Waals surface area contributed by atoms with Crippen molar-refractivity contribution in [2.45, 2.75) is 17.9 Å². The molecule has 2 aromatic carbocycles. The minimum atomic E-state index is -3.36. The van der Waals surface area contributed by atoms with Crippen molar-refractivity contribution < 1.29 is 22.7 Å². The number of halogens is 2. The van der Waals surface area contributed by atoms with Gasteiger partial charge in [-0.3, -0.25) is 4.79 Å². The van der Waals surface area contributed by atoms with Gasteiger partial charge in [-0.2, -0.15) is 0 Å². The molecule has 26 heavy (non-hydrogen) atoms. The number of benzene rings is 2. The highest BCUT2D eigenvalue weighted by Crippen LogP contribution is 2.29. The van der Waals surface area contributed by atoms with Crippen molar-refractivity contribution in [2.75, 3.05) is 11.6 Å². The Bertz CT molecular complexity index is 942. The molecule has 138 valence electrons. The van der Waals surface area contributed by atoms with Crippen LogP contribution in [0.5, 0.6) is 0 Å². The number of anilines is 1. The van der Waals surface area contributed by atoms with Crippen LogP contribution in [-0.2, 0) is 19.4 Å². The summed E-state index contributed by atoms with van der Waals surface area (Å²) < 4.78 is 27.9. The molecule has 0 heterocycles. The van der Waals surface area contributed by atoms with Gasteiger partial charge in [-0.1, -0.05) is 29.3 Å². The van der Waals surface area contributed by atoms with Gasteiger partial charge in [0, 0.05) is 6.26 Å². The molecule has 0 fully saturated rings. The van der Waals surface area contributed by atoms with Gasteiger partial charge in [0.15, 0.2) is 15.9 Å². The van der Waals surface area contributed by atoms with E-state index in [1.54, 1.807) is 18.2 Å². The van der Waals surface area contributed by atoms with Crippen LogP contribution in [0.25, 0.3) is 0 Å². The molecule has 1 amide bonds. The van der Waals surface area contributed by atoms with Gasteiger partial charge in [0.2, 0.25) is 0 Å². The van der Waals surface area contributed by atoms with Crippen molar-refractivity contribution in [3.63, 3.8) is 0 Å². The molecule has 0 spiro atoms. The molecule has 9 heteroatoms. The fourth-order valence-corrected chi connectivity index (χ4v) is 2.93. The van der Waals surface area contributed by atoms with Gasteiger partial charge in [0.25, 0.3) is 5.91 Å². The van der Waals surface area contributed by atoms with Crippen LogP contribution >= 0.6 is 23.2 Å². The molecule has 2 rings (SSSR count). The molecular formula is C17H15Cl2NO5S. The van der Waals surface area contributed by atoms with E-state index in [1.807, 2.05) is 0 Å². The maximum Gasteiger partial charge on any atom is 0.338 e. The van der Waals surface area contributed by atoms with E-state index in [2.05, 4.69) is 5.32 Å². The number of hydrogen-bond donors (Lipinski definition) is 1. The molecule has 0 aliphatic heterocycles. The SMILES string of the molecule is C[C@H](OC(=O)c1ccc(S(C)(=O)=O)cc1)C(=O)Nc1cccc(Cl)c1Cl. The molecule has 0 radical (unpaired) electrons. The van der Waals surface area contributed by atoms with E-state index in [0.29, 0.717) is 5.69 Å². The van der Waals surface area contributed by atoms with Gasteiger partial charge in [-0.05, 0) is 43.3 Å². The van der Waals surface area contributed by atoms with Crippen LogP contribution in [0.4, 0.5) is 5.69 Å². The van der Waals surface area contributed by atoms with Crippen molar-refractivity contribution in [1.82, 2.24) is 0 Å². The Labute approximate surface area is 161 Å². The van der Waals surface area contributed by atoms with Crippen LogP contribution in [0.1, 0.15) is 17.3 Å². The molecule has 0 saturated carbocycles. The van der Waals surface area contributed by atoms with Crippen LogP contribution < -0.4 is 5.32 Å². The fraction of sp³-hybridized carbons (Fsp3) is 0.176. The lowest BCUT2D eigenvalue weighted by molar-refractivity contribution is -0.123. The van der Waals surface area contributed by atoms with Gasteiger partial charge in [0.1, 0.15) is 0 Å². The molecule has 0 unspecified atom stereocenters. The van der Waals surface area contributed by atoms with Crippen LogP contribution in [0.2, 0.25) is 10.0 Å². The third-order valence-electron chi connectivity index (χ3n) is 3.38. The second-order valence-corrected chi connectivity index (χ2v) is 8.24. The summed E-state index contributed by atoms with van der Waals surface area (Å²) in [6, 6.07) is 9.97. The summed E-state index contributed by atoms with van der Waals surface area (Å²) in [6.45, 7) is 1.40. The minimum absolute atomic E-state index is 0.0791. The third kappa shape index (κ3) is 4.97. The average molecular weight is 416 g/mol. The van der Waals surface area contributed by atoms with Crippen molar-refractivity contribution in [1.29, 1.82) is 0 Å². The summed E-state index contributed by atoms with van der Waals surface area (Å²) in [6.07, 6.45) is -0.0413. The topological polar surface area (TPSA) is 89.5 Å². The van der Waals surface area contributed by atoms with E-state index < -0.39 is 27.8 Å².